The van der Waals surface area contributed by atoms with Crippen LogP contribution in [0, 0.1) is 25.5 Å². The molecule has 2 heterocycles. The van der Waals surface area contributed by atoms with Crippen LogP contribution in [0.2, 0.25) is 0 Å². The van der Waals surface area contributed by atoms with Crippen molar-refractivity contribution in [3.8, 4) is 0 Å². The average molecular weight is 417 g/mol. The predicted molar refractivity (Wildman–Crippen MR) is 114 cm³/mol. The van der Waals surface area contributed by atoms with Crippen molar-refractivity contribution in [2.24, 2.45) is 0 Å². The van der Waals surface area contributed by atoms with Crippen LogP contribution < -0.4 is 10.2 Å². The molecule has 0 spiro atoms. The number of aryl methyl sites for hydroxylation is 1. The second-order valence-corrected chi connectivity index (χ2v) is 7.15. The lowest BCUT2D eigenvalue weighted by Gasteiger charge is -2.37. The monoisotopic (exact) mass is 416 g/mol. The minimum atomic E-state index is -0.677. The van der Waals surface area contributed by atoms with E-state index in [0.717, 1.165) is 36.1 Å². The van der Waals surface area contributed by atoms with Gasteiger partial charge in [0.2, 0.25) is 5.95 Å². The van der Waals surface area contributed by atoms with Gasteiger partial charge in [-0.25, -0.2) is 13.8 Å². The summed E-state index contributed by atoms with van der Waals surface area (Å²) < 4.78 is 27.2. The number of nitrogens with one attached hydrogen (secondary N) is 1. The number of halogens is 3. The zero-order valence-corrected chi connectivity index (χ0v) is 17.4. The summed E-state index contributed by atoms with van der Waals surface area (Å²) in [7, 11) is 0. The summed E-state index contributed by atoms with van der Waals surface area (Å²) in [6, 6.07) is 12.0. The third-order valence-electron chi connectivity index (χ3n) is 5.41. The van der Waals surface area contributed by atoms with Crippen molar-refractivity contribution in [1.29, 1.82) is 0 Å². The topological polar surface area (TPSA) is 41.1 Å². The fourth-order valence-electron chi connectivity index (χ4n) is 3.72. The zero-order chi connectivity index (χ0) is 19.8. The molecule has 0 aliphatic carbocycles. The van der Waals surface area contributed by atoms with Gasteiger partial charge in [-0.15, -0.1) is 12.4 Å². The van der Waals surface area contributed by atoms with Crippen LogP contribution in [0.3, 0.4) is 0 Å². The van der Waals surface area contributed by atoms with Crippen LogP contribution >= 0.6 is 12.4 Å². The highest BCUT2D eigenvalue weighted by molar-refractivity contribution is 5.85. The molecule has 0 saturated heterocycles. The van der Waals surface area contributed by atoms with E-state index >= 15 is 0 Å². The first-order chi connectivity index (χ1) is 13.4. The Morgan fingerprint density at radius 2 is 1.83 bits per heavy atom. The molecule has 0 amide bonds. The Morgan fingerprint density at radius 1 is 1.07 bits per heavy atom. The zero-order valence-electron chi connectivity index (χ0n) is 16.5. The van der Waals surface area contributed by atoms with E-state index in [-0.39, 0.29) is 24.1 Å². The maximum atomic E-state index is 14.0. The SMILES string of the molecule is Cc1nc(Nc2ccc(F)cc2F)nc(N2CCc3ccccc3C2C)c1C.Cl. The molecular formula is C22H23ClF2N4. The summed E-state index contributed by atoms with van der Waals surface area (Å²) in [5, 5.41) is 2.89. The summed E-state index contributed by atoms with van der Waals surface area (Å²) in [4.78, 5) is 11.4. The van der Waals surface area contributed by atoms with Crippen molar-refractivity contribution in [2.75, 3.05) is 16.8 Å². The van der Waals surface area contributed by atoms with Gasteiger partial charge in [-0.2, -0.15) is 4.98 Å². The van der Waals surface area contributed by atoms with Crippen LogP contribution in [0.1, 0.15) is 35.3 Å². The van der Waals surface area contributed by atoms with E-state index in [1.165, 1.54) is 23.3 Å². The summed E-state index contributed by atoms with van der Waals surface area (Å²) >= 11 is 0. The Bertz CT molecular complexity index is 1040. The maximum absolute atomic E-state index is 14.0. The Labute approximate surface area is 175 Å². The van der Waals surface area contributed by atoms with Crippen molar-refractivity contribution in [1.82, 2.24) is 9.97 Å². The van der Waals surface area contributed by atoms with Gasteiger partial charge < -0.3 is 10.2 Å². The van der Waals surface area contributed by atoms with Gasteiger partial charge in [-0.05, 0) is 50.5 Å². The Kier molecular flexibility index (Phi) is 6.03. The van der Waals surface area contributed by atoms with Crippen LogP contribution in [-0.2, 0) is 6.42 Å². The third-order valence-corrected chi connectivity index (χ3v) is 5.41. The molecule has 3 aromatic rings. The van der Waals surface area contributed by atoms with Crippen molar-refractivity contribution in [3.05, 3.63) is 76.5 Å². The lowest BCUT2D eigenvalue weighted by Crippen LogP contribution is -2.35. The molecule has 1 aliphatic rings. The molecule has 0 fully saturated rings. The second kappa shape index (κ2) is 8.33. The first-order valence-electron chi connectivity index (χ1n) is 9.36. The number of anilines is 3. The number of nitrogens with zero attached hydrogens (tertiary/aromatic N) is 3. The predicted octanol–water partition coefficient (Wildman–Crippen LogP) is 5.66. The van der Waals surface area contributed by atoms with E-state index in [1.807, 2.05) is 13.8 Å². The second-order valence-electron chi connectivity index (χ2n) is 7.15. The van der Waals surface area contributed by atoms with Gasteiger partial charge in [0.05, 0.1) is 11.7 Å². The third kappa shape index (κ3) is 4.03. The van der Waals surface area contributed by atoms with Gasteiger partial charge >= 0.3 is 0 Å². The lowest BCUT2D eigenvalue weighted by molar-refractivity contribution is 0.585. The molecule has 29 heavy (non-hydrogen) atoms. The largest absolute Gasteiger partial charge is 0.349 e. The fourth-order valence-corrected chi connectivity index (χ4v) is 3.72. The van der Waals surface area contributed by atoms with Crippen LogP contribution in [-0.4, -0.2) is 16.5 Å². The van der Waals surface area contributed by atoms with E-state index in [1.54, 1.807) is 0 Å². The summed E-state index contributed by atoms with van der Waals surface area (Å²) in [6.45, 7) is 6.93. The summed E-state index contributed by atoms with van der Waals surface area (Å²) in [6.07, 6.45) is 0.943. The molecule has 1 aliphatic heterocycles. The minimum Gasteiger partial charge on any atom is -0.349 e. The molecular weight excluding hydrogens is 394 g/mol. The maximum Gasteiger partial charge on any atom is 0.229 e. The van der Waals surface area contributed by atoms with Gasteiger partial charge in [0.25, 0.3) is 0 Å². The first kappa shape index (κ1) is 21.0. The normalized spacial score (nSPS) is 15.5. The van der Waals surface area contributed by atoms with E-state index in [0.29, 0.717) is 5.95 Å². The number of aromatic nitrogens is 2. The Balaban J connectivity index is 0.00000240. The van der Waals surface area contributed by atoms with E-state index in [4.69, 9.17) is 0 Å². The highest BCUT2D eigenvalue weighted by atomic mass is 35.5. The van der Waals surface area contributed by atoms with E-state index < -0.39 is 11.6 Å². The van der Waals surface area contributed by atoms with E-state index in [9.17, 15) is 8.78 Å². The first-order valence-corrected chi connectivity index (χ1v) is 9.36. The highest BCUT2D eigenvalue weighted by Crippen LogP contribution is 2.35. The number of benzene rings is 2. The van der Waals surface area contributed by atoms with Gasteiger partial charge in [-0.1, -0.05) is 24.3 Å². The molecule has 152 valence electrons. The number of hydrogen-bond donors (Lipinski definition) is 1. The molecule has 2 aromatic carbocycles. The van der Waals surface area contributed by atoms with Crippen LogP contribution in [0.25, 0.3) is 0 Å². The number of rotatable bonds is 3. The molecule has 0 bridgehead atoms. The molecule has 1 aromatic heterocycles. The van der Waals surface area contributed by atoms with Gasteiger partial charge in [0.15, 0.2) is 0 Å². The Morgan fingerprint density at radius 3 is 2.59 bits per heavy atom. The quantitative estimate of drug-likeness (QED) is 0.598. The summed E-state index contributed by atoms with van der Waals surface area (Å²) in [5.74, 6) is -0.164. The van der Waals surface area contributed by atoms with Crippen LogP contribution in [0.15, 0.2) is 42.5 Å². The van der Waals surface area contributed by atoms with Crippen molar-refractivity contribution in [2.45, 2.75) is 33.2 Å². The van der Waals surface area contributed by atoms with Crippen molar-refractivity contribution in [3.63, 3.8) is 0 Å². The van der Waals surface area contributed by atoms with Crippen molar-refractivity contribution < 1.29 is 8.78 Å². The average Bonchev–Trinajstić information content (AvgIpc) is 2.67. The summed E-state index contributed by atoms with van der Waals surface area (Å²) in [5.41, 5.74) is 4.62. The molecule has 4 rings (SSSR count). The van der Waals surface area contributed by atoms with Gasteiger partial charge in [-0.3, -0.25) is 0 Å². The lowest BCUT2D eigenvalue weighted by atomic mass is 9.93. The van der Waals surface area contributed by atoms with E-state index in [2.05, 4.69) is 51.4 Å². The molecule has 4 nitrogen and oxygen atoms in total. The van der Waals surface area contributed by atoms with Gasteiger partial charge in [0, 0.05) is 23.9 Å². The van der Waals surface area contributed by atoms with Crippen molar-refractivity contribution >= 4 is 29.9 Å². The fraction of sp³-hybridized carbons (Fsp3) is 0.273. The molecule has 1 unspecified atom stereocenters. The molecule has 0 saturated carbocycles. The standard InChI is InChI=1S/C22H22F2N4.ClH/c1-13-14(2)25-22(26-20-9-8-17(23)12-19(20)24)27-21(13)28-11-10-16-6-4-5-7-18(16)15(28)3;/h4-9,12,15H,10-11H2,1-3H3,(H,25,26,27);1H. The molecule has 0 radical (unpaired) electrons. The minimum absolute atomic E-state index is 0. The smallest absolute Gasteiger partial charge is 0.229 e. The molecule has 7 heteroatoms. The van der Waals surface area contributed by atoms with Crippen LogP contribution in [0.4, 0.5) is 26.2 Å². The number of fused-ring (bicyclic) bond motifs is 1. The molecule has 1 atom stereocenters. The number of hydrogen-bond acceptors (Lipinski definition) is 4. The van der Waals surface area contributed by atoms with Crippen LogP contribution in [0.5, 0.6) is 0 Å². The van der Waals surface area contributed by atoms with Gasteiger partial charge in [0.1, 0.15) is 17.5 Å². The molecule has 1 N–H and O–H groups in total. The Hall–Kier alpha value is -2.73. The highest BCUT2D eigenvalue weighted by Gasteiger charge is 2.26.